The fourth-order valence-corrected chi connectivity index (χ4v) is 2.48. The fourth-order valence-electron chi connectivity index (χ4n) is 2.30. The van der Waals surface area contributed by atoms with Crippen LogP contribution in [0.1, 0.15) is 12.5 Å². The molecule has 2 rings (SSSR count). The maximum atomic E-state index is 12.2. The summed E-state index contributed by atoms with van der Waals surface area (Å²) in [6, 6.07) is 16.2. The number of aliphatic carboxylic acids is 1. The summed E-state index contributed by atoms with van der Waals surface area (Å²) in [5, 5.41) is 12.4. The number of rotatable bonds is 8. The standard InChI is InChI=1S/C19H20ClNO4/c1-13(25-17-10-6-5-9-16(17)20)18(22)21-12-15(19(23)24)11-14-7-3-2-4-8-14/h2-10,13,15H,11-12H2,1H3,(H,21,22)(H,23,24). The lowest BCUT2D eigenvalue weighted by molar-refractivity contribution is -0.141. The van der Waals surface area contributed by atoms with E-state index in [1.165, 1.54) is 0 Å². The van der Waals surface area contributed by atoms with Gasteiger partial charge in [0.15, 0.2) is 6.10 Å². The van der Waals surface area contributed by atoms with Crippen LogP contribution in [0.5, 0.6) is 5.75 Å². The summed E-state index contributed by atoms with van der Waals surface area (Å²) < 4.78 is 5.53. The molecule has 2 atom stereocenters. The average molecular weight is 362 g/mol. The first kappa shape index (κ1) is 18.8. The molecule has 5 nitrogen and oxygen atoms in total. The summed E-state index contributed by atoms with van der Waals surface area (Å²) in [6.07, 6.45) is -0.443. The van der Waals surface area contributed by atoms with Crippen LogP contribution < -0.4 is 10.1 Å². The molecule has 6 heteroatoms. The second-order valence-electron chi connectivity index (χ2n) is 5.66. The molecule has 0 spiro atoms. The number of hydrogen-bond acceptors (Lipinski definition) is 3. The van der Waals surface area contributed by atoms with Crippen molar-refractivity contribution in [3.63, 3.8) is 0 Å². The lowest BCUT2D eigenvalue weighted by Crippen LogP contribution is -2.41. The molecule has 0 heterocycles. The van der Waals surface area contributed by atoms with Crippen LogP contribution in [0.15, 0.2) is 54.6 Å². The van der Waals surface area contributed by atoms with Crippen molar-refractivity contribution in [1.82, 2.24) is 5.32 Å². The molecule has 0 fully saturated rings. The third-order valence-electron chi connectivity index (χ3n) is 3.71. The van der Waals surface area contributed by atoms with Gasteiger partial charge >= 0.3 is 5.97 Å². The van der Waals surface area contributed by atoms with Crippen molar-refractivity contribution < 1.29 is 19.4 Å². The van der Waals surface area contributed by atoms with Crippen molar-refractivity contribution in [1.29, 1.82) is 0 Å². The molecular weight excluding hydrogens is 342 g/mol. The Bertz CT molecular complexity index is 720. The van der Waals surface area contributed by atoms with Crippen molar-refractivity contribution in [2.24, 2.45) is 5.92 Å². The van der Waals surface area contributed by atoms with Gasteiger partial charge in [-0.25, -0.2) is 0 Å². The summed E-state index contributed by atoms with van der Waals surface area (Å²) >= 11 is 6.00. The molecule has 132 valence electrons. The van der Waals surface area contributed by atoms with E-state index in [9.17, 15) is 14.7 Å². The molecule has 0 aliphatic heterocycles. The van der Waals surface area contributed by atoms with E-state index < -0.39 is 18.0 Å². The van der Waals surface area contributed by atoms with Crippen LogP contribution in [-0.4, -0.2) is 29.6 Å². The van der Waals surface area contributed by atoms with E-state index >= 15 is 0 Å². The van der Waals surface area contributed by atoms with E-state index in [1.54, 1.807) is 31.2 Å². The Morgan fingerprint density at radius 2 is 1.76 bits per heavy atom. The van der Waals surface area contributed by atoms with Gasteiger partial charge in [0.2, 0.25) is 0 Å². The van der Waals surface area contributed by atoms with Gasteiger partial charge in [-0.2, -0.15) is 0 Å². The summed E-state index contributed by atoms with van der Waals surface area (Å²) in [5.41, 5.74) is 0.907. The predicted octanol–water partition coefficient (Wildman–Crippen LogP) is 3.17. The fraction of sp³-hybridized carbons (Fsp3) is 0.263. The highest BCUT2D eigenvalue weighted by atomic mass is 35.5. The van der Waals surface area contributed by atoms with Crippen molar-refractivity contribution >= 4 is 23.5 Å². The summed E-state index contributed by atoms with van der Waals surface area (Å²) in [5.74, 6) is -1.65. The highest BCUT2D eigenvalue weighted by molar-refractivity contribution is 6.32. The van der Waals surface area contributed by atoms with Crippen molar-refractivity contribution in [3.8, 4) is 5.75 Å². The summed E-state index contributed by atoms with van der Waals surface area (Å²) in [6.45, 7) is 1.62. The average Bonchev–Trinajstić information content (AvgIpc) is 2.60. The SMILES string of the molecule is CC(Oc1ccccc1Cl)C(=O)NCC(Cc1ccccc1)C(=O)O. The molecule has 2 aromatic carbocycles. The van der Waals surface area contributed by atoms with Gasteiger partial charge in [-0.1, -0.05) is 54.1 Å². The normalized spacial score (nSPS) is 12.9. The molecule has 0 saturated carbocycles. The Kier molecular flexibility index (Phi) is 6.83. The minimum atomic E-state index is -0.955. The maximum Gasteiger partial charge on any atom is 0.308 e. The number of benzene rings is 2. The number of carboxylic acid groups (broad SMARTS) is 1. The Labute approximate surface area is 151 Å². The number of carbonyl (C=O) groups excluding carboxylic acids is 1. The summed E-state index contributed by atoms with van der Waals surface area (Å²) in [4.78, 5) is 23.6. The van der Waals surface area contributed by atoms with Crippen molar-refractivity contribution in [2.75, 3.05) is 6.54 Å². The second-order valence-corrected chi connectivity index (χ2v) is 6.07. The Morgan fingerprint density at radius 1 is 1.12 bits per heavy atom. The number of para-hydroxylation sites is 1. The monoisotopic (exact) mass is 361 g/mol. The van der Waals surface area contributed by atoms with Crippen LogP contribution in [0.4, 0.5) is 0 Å². The highest BCUT2D eigenvalue weighted by Crippen LogP contribution is 2.24. The first-order chi connectivity index (χ1) is 12.0. The summed E-state index contributed by atoms with van der Waals surface area (Å²) in [7, 11) is 0. The van der Waals surface area contributed by atoms with Crippen LogP contribution >= 0.6 is 11.6 Å². The van der Waals surface area contributed by atoms with Gasteiger partial charge in [0, 0.05) is 6.54 Å². The molecule has 2 aromatic rings. The number of halogens is 1. The third-order valence-corrected chi connectivity index (χ3v) is 4.02. The largest absolute Gasteiger partial charge is 0.481 e. The minimum Gasteiger partial charge on any atom is -0.481 e. The van der Waals surface area contributed by atoms with Crippen LogP contribution in [-0.2, 0) is 16.0 Å². The van der Waals surface area contributed by atoms with E-state index in [0.717, 1.165) is 5.56 Å². The van der Waals surface area contributed by atoms with Gasteiger partial charge in [-0.15, -0.1) is 0 Å². The minimum absolute atomic E-state index is 0.0271. The molecule has 0 aliphatic carbocycles. The van der Waals surface area contributed by atoms with Crippen LogP contribution in [0.2, 0.25) is 5.02 Å². The van der Waals surface area contributed by atoms with Crippen LogP contribution in [0, 0.1) is 5.92 Å². The van der Waals surface area contributed by atoms with Gasteiger partial charge in [0.05, 0.1) is 10.9 Å². The molecule has 0 aliphatic rings. The van der Waals surface area contributed by atoms with Gasteiger partial charge in [-0.3, -0.25) is 9.59 Å². The molecule has 1 amide bonds. The zero-order chi connectivity index (χ0) is 18.2. The molecule has 0 bridgehead atoms. The van der Waals surface area contributed by atoms with E-state index in [2.05, 4.69) is 5.32 Å². The Hall–Kier alpha value is -2.53. The highest BCUT2D eigenvalue weighted by Gasteiger charge is 2.22. The molecule has 0 saturated heterocycles. The van der Waals surface area contributed by atoms with Crippen LogP contribution in [0.3, 0.4) is 0 Å². The van der Waals surface area contributed by atoms with E-state index in [-0.39, 0.29) is 12.5 Å². The quantitative estimate of drug-likeness (QED) is 0.757. The third kappa shape index (κ3) is 5.80. The molecule has 25 heavy (non-hydrogen) atoms. The Morgan fingerprint density at radius 3 is 2.40 bits per heavy atom. The van der Waals surface area contributed by atoms with E-state index in [0.29, 0.717) is 17.2 Å². The zero-order valence-corrected chi connectivity index (χ0v) is 14.6. The lowest BCUT2D eigenvalue weighted by Gasteiger charge is -2.18. The first-order valence-corrected chi connectivity index (χ1v) is 8.30. The number of nitrogens with one attached hydrogen (secondary N) is 1. The van der Waals surface area contributed by atoms with Crippen molar-refractivity contribution in [2.45, 2.75) is 19.4 Å². The number of hydrogen-bond donors (Lipinski definition) is 2. The zero-order valence-electron chi connectivity index (χ0n) is 13.8. The molecule has 2 N–H and O–H groups in total. The smallest absolute Gasteiger partial charge is 0.308 e. The molecule has 0 radical (unpaired) electrons. The van der Waals surface area contributed by atoms with E-state index in [1.807, 2.05) is 30.3 Å². The molecule has 0 aromatic heterocycles. The molecular formula is C19H20ClNO4. The van der Waals surface area contributed by atoms with Gasteiger partial charge in [0.25, 0.3) is 5.91 Å². The molecule has 2 unspecified atom stereocenters. The number of amides is 1. The predicted molar refractivity (Wildman–Crippen MR) is 95.8 cm³/mol. The van der Waals surface area contributed by atoms with Gasteiger partial charge in [-0.05, 0) is 31.0 Å². The van der Waals surface area contributed by atoms with E-state index in [4.69, 9.17) is 16.3 Å². The first-order valence-electron chi connectivity index (χ1n) is 7.93. The maximum absolute atomic E-state index is 12.2. The number of ether oxygens (including phenoxy) is 1. The second kappa shape index (κ2) is 9.08. The lowest BCUT2D eigenvalue weighted by atomic mass is 9.99. The van der Waals surface area contributed by atoms with Gasteiger partial charge in [0.1, 0.15) is 5.75 Å². The van der Waals surface area contributed by atoms with Gasteiger partial charge < -0.3 is 15.2 Å². The van der Waals surface area contributed by atoms with Crippen molar-refractivity contribution in [3.05, 3.63) is 65.2 Å². The number of carboxylic acids is 1. The number of carbonyl (C=O) groups is 2. The topological polar surface area (TPSA) is 75.6 Å². The Balaban J connectivity index is 1.90. The van der Waals surface area contributed by atoms with Crippen LogP contribution in [0.25, 0.3) is 0 Å².